The molecular formula is C14H19O. The molecule has 1 aromatic rings. The molecule has 1 nitrogen and oxygen atoms in total. The van der Waals surface area contributed by atoms with Crippen molar-refractivity contribution >= 4 is 5.78 Å². The maximum atomic E-state index is 11.9. The Bertz CT molecular complexity index is 289. The first kappa shape index (κ1) is 12.0. The topological polar surface area (TPSA) is 17.1 Å². The molecule has 0 aliphatic carbocycles. The van der Waals surface area contributed by atoms with Crippen molar-refractivity contribution in [3.05, 3.63) is 35.9 Å². The summed E-state index contributed by atoms with van der Waals surface area (Å²) < 4.78 is 0. The van der Waals surface area contributed by atoms with Crippen molar-refractivity contribution in [1.29, 1.82) is 0 Å². The highest BCUT2D eigenvalue weighted by molar-refractivity contribution is 5.97. The maximum Gasteiger partial charge on any atom is 0.165 e. The summed E-state index contributed by atoms with van der Waals surface area (Å²) in [4.78, 5) is 11.9. The minimum Gasteiger partial charge on any atom is -0.294 e. The van der Waals surface area contributed by atoms with Crippen LogP contribution in [0.5, 0.6) is 0 Å². The van der Waals surface area contributed by atoms with E-state index < -0.39 is 0 Å². The quantitative estimate of drug-likeness (QED) is 0.506. The Morgan fingerprint density at radius 1 is 1.33 bits per heavy atom. The van der Waals surface area contributed by atoms with Crippen LogP contribution in [0.2, 0.25) is 0 Å². The summed E-state index contributed by atoms with van der Waals surface area (Å²) in [6.07, 6.45) is 4.59. The van der Waals surface area contributed by atoms with Gasteiger partial charge in [-0.1, -0.05) is 57.4 Å². The summed E-state index contributed by atoms with van der Waals surface area (Å²) in [6, 6.07) is 10.2. The van der Waals surface area contributed by atoms with E-state index in [-0.39, 0.29) is 11.7 Å². The van der Waals surface area contributed by atoms with Gasteiger partial charge in [0.15, 0.2) is 5.78 Å². The van der Waals surface area contributed by atoms with Gasteiger partial charge in [-0.2, -0.15) is 0 Å². The third kappa shape index (κ3) is 3.86. The van der Waals surface area contributed by atoms with Gasteiger partial charge in [-0.05, 0) is 12.5 Å². The van der Waals surface area contributed by atoms with Crippen LogP contribution in [0.3, 0.4) is 0 Å². The van der Waals surface area contributed by atoms with Crippen LogP contribution in [0, 0.1) is 12.0 Å². The first-order chi connectivity index (χ1) is 7.25. The van der Waals surface area contributed by atoms with Crippen molar-refractivity contribution in [2.75, 3.05) is 0 Å². The van der Waals surface area contributed by atoms with Crippen LogP contribution >= 0.6 is 0 Å². The van der Waals surface area contributed by atoms with E-state index in [1.54, 1.807) is 12.1 Å². The zero-order chi connectivity index (χ0) is 11.1. The van der Waals surface area contributed by atoms with Crippen molar-refractivity contribution in [3.63, 3.8) is 0 Å². The number of benzene rings is 1. The first-order valence-electron chi connectivity index (χ1n) is 5.76. The van der Waals surface area contributed by atoms with Gasteiger partial charge in [-0.3, -0.25) is 4.79 Å². The molecule has 15 heavy (non-hydrogen) atoms. The first-order valence-corrected chi connectivity index (χ1v) is 5.76. The monoisotopic (exact) mass is 203 g/mol. The summed E-state index contributed by atoms with van der Waals surface area (Å²) >= 11 is 0. The molecule has 1 heteroatoms. The Hall–Kier alpha value is -1.11. The third-order valence-electron chi connectivity index (χ3n) is 2.69. The van der Waals surface area contributed by atoms with E-state index in [1.807, 2.05) is 19.1 Å². The minimum atomic E-state index is 0.152. The average Bonchev–Trinajstić information content (AvgIpc) is 2.29. The Morgan fingerprint density at radius 2 is 2.00 bits per heavy atom. The number of hydrogen-bond acceptors (Lipinski definition) is 1. The summed E-state index contributed by atoms with van der Waals surface area (Å²) in [6.45, 7) is 4.20. The highest BCUT2D eigenvalue weighted by atomic mass is 16.1. The van der Waals surface area contributed by atoms with E-state index in [2.05, 4.69) is 13.0 Å². The second kappa shape index (κ2) is 6.39. The second-order valence-corrected chi connectivity index (χ2v) is 4.05. The summed E-state index contributed by atoms with van der Waals surface area (Å²) in [7, 11) is 0. The lowest BCUT2D eigenvalue weighted by Gasteiger charge is -2.09. The highest BCUT2D eigenvalue weighted by Gasteiger charge is 2.13. The lowest BCUT2D eigenvalue weighted by Crippen LogP contribution is -2.11. The fourth-order valence-electron chi connectivity index (χ4n) is 1.67. The van der Waals surface area contributed by atoms with Gasteiger partial charge in [-0.25, -0.2) is 0 Å². The molecule has 0 aromatic heterocycles. The molecule has 1 unspecified atom stereocenters. The van der Waals surface area contributed by atoms with Gasteiger partial charge in [0.05, 0.1) is 0 Å². The molecule has 1 aromatic carbocycles. The Labute approximate surface area is 92.5 Å². The molecule has 0 heterocycles. The van der Waals surface area contributed by atoms with Crippen LogP contribution in [-0.4, -0.2) is 5.78 Å². The molecule has 0 saturated heterocycles. The standard InChI is InChI=1S/C14H19O/c1-3-4-6-9-12(2)14(15)13-10-7-5-8-11-13/h7-8,10-12H,3-4,6,9H2,1-2H3. The molecule has 1 rings (SSSR count). The average molecular weight is 203 g/mol. The van der Waals surface area contributed by atoms with Gasteiger partial charge in [0.2, 0.25) is 0 Å². The molecule has 0 amide bonds. The van der Waals surface area contributed by atoms with E-state index in [9.17, 15) is 4.79 Å². The smallest absolute Gasteiger partial charge is 0.165 e. The minimum absolute atomic E-state index is 0.152. The van der Waals surface area contributed by atoms with Crippen LogP contribution in [0.15, 0.2) is 24.3 Å². The molecule has 81 valence electrons. The van der Waals surface area contributed by atoms with Gasteiger partial charge in [0.25, 0.3) is 0 Å². The van der Waals surface area contributed by atoms with E-state index in [1.165, 1.54) is 12.8 Å². The summed E-state index contributed by atoms with van der Waals surface area (Å²) in [5, 5.41) is 0. The van der Waals surface area contributed by atoms with Gasteiger partial charge < -0.3 is 0 Å². The molecule has 0 bridgehead atoms. The zero-order valence-corrected chi connectivity index (χ0v) is 9.62. The van der Waals surface area contributed by atoms with Crippen LogP contribution in [0.1, 0.15) is 49.9 Å². The molecular weight excluding hydrogens is 184 g/mol. The van der Waals surface area contributed by atoms with Crippen LogP contribution in [-0.2, 0) is 0 Å². The summed E-state index contributed by atoms with van der Waals surface area (Å²) in [5.41, 5.74) is 0.817. The fourth-order valence-corrected chi connectivity index (χ4v) is 1.67. The van der Waals surface area contributed by atoms with E-state index in [4.69, 9.17) is 0 Å². The molecule has 0 saturated carbocycles. The third-order valence-corrected chi connectivity index (χ3v) is 2.69. The number of Topliss-reactive ketones (excluding diaryl/α,β-unsaturated/α-hetero) is 1. The predicted octanol–water partition coefficient (Wildman–Crippen LogP) is 3.89. The lowest BCUT2D eigenvalue weighted by atomic mass is 9.94. The Morgan fingerprint density at radius 3 is 2.60 bits per heavy atom. The highest BCUT2D eigenvalue weighted by Crippen LogP contribution is 2.15. The van der Waals surface area contributed by atoms with Gasteiger partial charge in [-0.15, -0.1) is 0 Å². The molecule has 1 atom stereocenters. The predicted molar refractivity (Wildman–Crippen MR) is 62.9 cm³/mol. The van der Waals surface area contributed by atoms with E-state index in [0.717, 1.165) is 18.4 Å². The van der Waals surface area contributed by atoms with Gasteiger partial charge in [0, 0.05) is 11.5 Å². The van der Waals surface area contributed by atoms with Crippen molar-refractivity contribution in [2.24, 2.45) is 5.92 Å². The molecule has 0 N–H and O–H groups in total. The van der Waals surface area contributed by atoms with Crippen LogP contribution < -0.4 is 0 Å². The SMILES string of the molecule is CCCCCC(C)C(=O)c1cc[c]cc1. The second-order valence-electron chi connectivity index (χ2n) is 4.05. The normalized spacial score (nSPS) is 12.4. The molecule has 0 fully saturated rings. The molecule has 0 aliphatic heterocycles. The number of rotatable bonds is 6. The molecule has 1 radical (unpaired) electrons. The largest absolute Gasteiger partial charge is 0.294 e. The number of hydrogen-bond donors (Lipinski definition) is 0. The van der Waals surface area contributed by atoms with Gasteiger partial charge in [0.1, 0.15) is 0 Å². The zero-order valence-electron chi connectivity index (χ0n) is 9.62. The van der Waals surface area contributed by atoms with Crippen molar-refractivity contribution < 1.29 is 4.79 Å². The Balaban J connectivity index is 2.46. The number of carbonyl (C=O) groups is 1. The maximum absolute atomic E-state index is 11.9. The number of ketones is 1. The van der Waals surface area contributed by atoms with E-state index >= 15 is 0 Å². The van der Waals surface area contributed by atoms with E-state index in [0.29, 0.717) is 0 Å². The van der Waals surface area contributed by atoms with Crippen molar-refractivity contribution in [2.45, 2.75) is 39.5 Å². The van der Waals surface area contributed by atoms with Crippen LogP contribution in [0.25, 0.3) is 0 Å². The lowest BCUT2D eigenvalue weighted by molar-refractivity contribution is 0.0922. The molecule has 0 aliphatic rings. The van der Waals surface area contributed by atoms with Crippen LogP contribution in [0.4, 0.5) is 0 Å². The fraction of sp³-hybridized carbons (Fsp3) is 0.500. The Kier molecular flexibility index (Phi) is 5.09. The van der Waals surface area contributed by atoms with Crippen molar-refractivity contribution in [1.82, 2.24) is 0 Å². The number of unbranched alkanes of at least 4 members (excludes halogenated alkanes) is 2. The number of carbonyl (C=O) groups excluding carboxylic acids is 1. The summed E-state index contributed by atoms with van der Waals surface area (Å²) in [5.74, 6) is 0.416. The van der Waals surface area contributed by atoms with Crippen molar-refractivity contribution in [3.8, 4) is 0 Å². The molecule has 0 spiro atoms. The van der Waals surface area contributed by atoms with Gasteiger partial charge >= 0.3 is 0 Å².